The maximum absolute atomic E-state index is 12.8. The Morgan fingerprint density at radius 1 is 0.280 bits per heavy atom. The minimum absolute atomic E-state index is 0.427. The van der Waals surface area contributed by atoms with E-state index in [0.29, 0.717) is 33.9 Å². The molecule has 0 N–H and O–H groups in total. The summed E-state index contributed by atoms with van der Waals surface area (Å²) in [5.41, 5.74) is 12.9. The first-order valence-electron chi connectivity index (χ1n) is 25.1. The number of thiophene rings is 1. The van der Waals surface area contributed by atoms with Gasteiger partial charge in [-0.05, 0) is 59.7 Å². The van der Waals surface area contributed by atoms with E-state index in [2.05, 4.69) is 255 Å². The molecule has 0 atom stereocenters. The number of hydrogen-bond donors (Lipinski definition) is 0. The summed E-state index contributed by atoms with van der Waals surface area (Å²) in [7, 11) is 0. The second kappa shape index (κ2) is 15.7. The highest BCUT2D eigenvalue weighted by atomic mass is 32.1. The molecule has 0 aliphatic heterocycles. The number of nitriles is 2. The Morgan fingerprint density at radius 2 is 0.627 bits per heavy atom. The van der Waals surface area contributed by atoms with Crippen molar-refractivity contribution in [2.45, 2.75) is 0 Å². The Balaban J connectivity index is 1.24. The van der Waals surface area contributed by atoms with E-state index in [0.717, 1.165) is 108 Å². The molecule has 0 amide bonds. The number of fused-ring (bicyclic) bond motifs is 16. The number of aromatic nitrogens is 4. The van der Waals surface area contributed by atoms with Crippen LogP contribution in [0, 0.1) is 22.7 Å². The van der Waals surface area contributed by atoms with Gasteiger partial charge >= 0.3 is 0 Å². The van der Waals surface area contributed by atoms with Gasteiger partial charge in [-0.1, -0.05) is 182 Å². The molecule has 11 aromatic carbocycles. The topological polar surface area (TPSA) is 67.3 Å². The second-order valence-corrected chi connectivity index (χ2v) is 20.4. The van der Waals surface area contributed by atoms with Crippen molar-refractivity contribution in [3.63, 3.8) is 0 Å². The average Bonchev–Trinajstić information content (AvgIpc) is 4.37. The fourth-order valence-electron chi connectivity index (χ4n) is 12.6. The molecule has 7 heteroatoms. The van der Waals surface area contributed by atoms with Crippen LogP contribution in [0.1, 0.15) is 11.1 Å². The van der Waals surface area contributed by atoms with E-state index in [4.69, 9.17) is 0 Å². The third-order valence-corrected chi connectivity index (χ3v) is 16.8. The van der Waals surface area contributed by atoms with Crippen molar-refractivity contribution in [3.8, 4) is 46.0 Å². The van der Waals surface area contributed by atoms with E-state index in [-0.39, 0.29) is 0 Å². The van der Waals surface area contributed by atoms with Gasteiger partial charge in [-0.3, -0.25) is 0 Å². The molecule has 6 nitrogen and oxygen atoms in total. The molecule has 0 fully saturated rings. The second-order valence-electron chi connectivity index (χ2n) is 19.3. The van der Waals surface area contributed by atoms with Crippen LogP contribution < -0.4 is 0 Å². The summed E-state index contributed by atoms with van der Waals surface area (Å²) in [6, 6.07) is 87.1. The van der Waals surface area contributed by atoms with Gasteiger partial charge in [0, 0.05) is 58.6 Å². The Morgan fingerprint density at radius 3 is 1.07 bits per heavy atom. The van der Waals surface area contributed by atoms with Crippen molar-refractivity contribution in [2.24, 2.45) is 0 Å². The Hall–Kier alpha value is -10.2. The predicted octanol–water partition coefficient (Wildman–Crippen LogP) is 17.9. The summed E-state index contributed by atoms with van der Waals surface area (Å²) in [5, 5.41) is 36.3. The molecule has 16 aromatic rings. The molecular weight excluding hydrogens is 933 g/mol. The smallest absolute Gasteiger partial charge is 0.104 e. The lowest BCUT2D eigenvalue weighted by atomic mass is 9.98. The van der Waals surface area contributed by atoms with Gasteiger partial charge in [0.2, 0.25) is 0 Å². The number of benzene rings is 11. The fraction of sp³-hybridized carbons (Fsp3) is 0. The molecule has 0 saturated heterocycles. The summed E-state index contributed by atoms with van der Waals surface area (Å²) in [6.45, 7) is 0. The van der Waals surface area contributed by atoms with E-state index in [1.165, 1.54) is 10.1 Å². The minimum atomic E-state index is 0.427. The lowest BCUT2D eigenvalue weighted by Crippen LogP contribution is -2.16. The predicted molar refractivity (Wildman–Crippen MR) is 312 cm³/mol. The van der Waals surface area contributed by atoms with Crippen LogP contribution >= 0.6 is 11.3 Å². The first kappa shape index (κ1) is 41.4. The summed E-state index contributed by atoms with van der Waals surface area (Å²) in [6.07, 6.45) is 0. The SMILES string of the molecule is N#Cc1c(-n2c3ccccc3c3ccccc32)c(-n2c3ccccc3c3ccccc32)c(C#N)c(-n2c3cc(-c4ccccc4)ccc3c3ccc4c5ccccc5sc4c32)c1-n1c2ccccc2c2ccccc21. The highest BCUT2D eigenvalue weighted by Crippen LogP contribution is 2.51. The number of hydrogen-bond acceptors (Lipinski definition) is 3. The molecule has 0 aliphatic rings. The van der Waals surface area contributed by atoms with Crippen molar-refractivity contribution in [3.05, 3.63) is 242 Å². The summed E-state index contributed by atoms with van der Waals surface area (Å²) >= 11 is 1.77. The van der Waals surface area contributed by atoms with Gasteiger partial charge in [0.25, 0.3) is 0 Å². The Bertz CT molecular complexity index is 5060. The summed E-state index contributed by atoms with van der Waals surface area (Å²) in [4.78, 5) is 0. The molecule has 16 rings (SSSR count). The van der Waals surface area contributed by atoms with Crippen LogP contribution in [0.15, 0.2) is 231 Å². The zero-order valence-electron chi connectivity index (χ0n) is 40.0. The van der Waals surface area contributed by atoms with Crippen LogP contribution in [0.3, 0.4) is 0 Å². The fourth-order valence-corrected chi connectivity index (χ4v) is 13.8. The van der Waals surface area contributed by atoms with Crippen LogP contribution in [0.25, 0.3) is 141 Å². The van der Waals surface area contributed by atoms with E-state index in [1.54, 1.807) is 11.3 Å². The average molecular weight is 971 g/mol. The van der Waals surface area contributed by atoms with Gasteiger partial charge in [0.15, 0.2) is 0 Å². The molecule has 0 aliphatic carbocycles. The molecular formula is C68H38N6S. The van der Waals surface area contributed by atoms with Crippen LogP contribution in [-0.2, 0) is 0 Å². The zero-order valence-corrected chi connectivity index (χ0v) is 40.8. The number of para-hydroxylation sites is 6. The Labute approximate surface area is 432 Å². The van der Waals surface area contributed by atoms with Crippen molar-refractivity contribution < 1.29 is 0 Å². The molecule has 0 saturated carbocycles. The molecule has 0 radical (unpaired) electrons. The first-order valence-corrected chi connectivity index (χ1v) is 26.0. The van der Waals surface area contributed by atoms with Gasteiger partial charge in [0.1, 0.15) is 23.3 Å². The van der Waals surface area contributed by atoms with Crippen molar-refractivity contribution in [2.75, 3.05) is 0 Å². The van der Waals surface area contributed by atoms with Crippen LogP contribution in [0.5, 0.6) is 0 Å². The van der Waals surface area contributed by atoms with Gasteiger partial charge in [-0.2, -0.15) is 10.5 Å². The van der Waals surface area contributed by atoms with Crippen LogP contribution in [-0.4, -0.2) is 18.3 Å². The maximum atomic E-state index is 12.8. The molecule has 5 aromatic heterocycles. The molecule has 5 heterocycles. The van der Waals surface area contributed by atoms with Crippen LogP contribution in [0.4, 0.5) is 0 Å². The standard InChI is InChI=1S/C68H38N6S/c69-39-53-63(71-55-27-11-4-20-43(55)44-21-5-12-28-56(44)71)64(72-57-29-13-6-22-45(57)46-23-7-14-30-58(46)72)54(40-70)66(65(53)73-59-31-15-8-24-47(59)48-25-9-16-32-60(48)73)74-61-38-42(41-18-2-1-3-19-41)34-35-49(61)51-36-37-52-50-26-10-17-33-62(50)75-68(52)67(51)74/h1-38H. The molecule has 75 heavy (non-hydrogen) atoms. The largest absolute Gasteiger partial charge is 0.306 e. The third-order valence-electron chi connectivity index (χ3n) is 15.6. The quantitative estimate of drug-likeness (QED) is 0.172. The maximum Gasteiger partial charge on any atom is 0.104 e. The van der Waals surface area contributed by atoms with Crippen molar-refractivity contribution in [1.82, 2.24) is 18.3 Å². The molecule has 346 valence electrons. The monoisotopic (exact) mass is 970 g/mol. The summed E-state index contributed by atoms with van der Waals surface area (Å²) < 4.78 is 11.4. The zero-order chi connectivity index (χ0) is 49.5. The van der Waals surface area contributed by atoms with Gasteiger partial charge in [-0.15, -0.1) is 11.3 Å². The summed E-state index contributed by atoms with van der Waals surface area (Å²) in [5.74, 6) is 0. The Kier molecular flexibility index (Phi) is 8.65. The van der Waals surface area contributed by atoms with E-state index in [9.17, 15) is 10.5 Å². The molecule has 0 spiro atoms. The van der Waals surface area contributed by atoms with Crippen molar-refractivity contribution in [1.29, 1.82) is 10.5 Å². The normalized spacial score (nSPS) is 12.0. The number of nitrogens with zero attached hydrogens (tertiary/aromatic N) is 6. The van der Waals surface area contributed by atoms with Gasteiger partial charge in [0.05, 0.1) is 71.6 Å². The van der Waals surface area contributed by atoms with E-state index >= 15 is 0 Å². The highest BCUT2D eigenvalue weighted by molar-refractivity contribution is 7.26. The third kappa shape index (κ3) is 5.59. The lowest BCUT2D eigenvalue weighted by Gasteiger charge is -2.27. The van der Waals surface area contributed by atoms with E-state index in [1.807, 2.05) is 6.07 Å². The van der Waals surface area contributed by atoms with Gasteiger partial charge in [-0.25, -0.2) is 0 Å². The molecule has 0 unspecified atom stereocenters. The van der Waals surface area contributed by atoms with Crippen LogP contribution in [0.2, 0.25) is 0 Å². The van der Waals surface area contributed by atoms with E-state index < -0.39 is 0 Å². The van der Waals surface area contributed by atoms with Gasteiger partial charge < -0.3 is 18.3 Å². The first-order chi connectivity index (χ1) is 37.2. The van der Waals surface area contributed by atoms with Crippen molar-refractivity contribution >= 4 is 119 Å². The minimum Gasteiger partial charge on any atom is -0.306 e. The number of rotatable bonds is 5. The highest BCUT2D eigenvalue weighted by Gasteiger charge is 2.35. The lowest BCUT2D eigenvalue weighted by molar-refractivity contribution is 1.03. The molecule has 0 bridgehead atoms.